The molecule has 0 aliphatic rings. The van der Waals surface area contributed by atoms with E-state index >= 15 is 0 Å². The molecular weight excluding hydrogens is 244 g/mol. The molecule has 3 rings (SSSR count). The Morgan fingerprint density at radius 3 is 3.00 bits per heavy atom. The SMILES string of the molecule is CNc1nc(NCc2ccn(C)n2)c2[nH]cnc2n1. The van der Waals surface area contributed by atoms with Crippen molar-refractivity contribution in [3.63, 3.8) is 0 Å². The summed E-state index contributed by atoms with van der Waals surface area (Å²) in [6.45, 7) is 0.592. The van der Waals surface area contributed by atoms with Gasteiger partial charge in [-0.3, -0.25) is 4.68 Å². The largest absolute Gasteiger partial charge is 0.362 e. The Hall–Kier alpha value is -2.64. The molecule has 3 N–H and O–H groups in total. The molecule has 0 atom stereocenters. The summed E-state index contributed by atoms with van der Waals surface area (Å²) in [4.78, 5) is 15.8. The molecule has 3 aromatic heterocycles. The summed E-state index contributed by atoms with van der Waals surface area (Å²) in [5.41, 5.74) is 2.36. The van der Waals surface area contributed by atoms with Crippen LogP contribution in [-0.2, 0) is 13.6 Å². The van der Waals surface area contributed by atoms with Gasteiger partial charge in [-0.05, 0) is 6.07 Å². The van der Waals surface area contributed by atoms with E-state index in [0.29, 0.717) is 24.0 Å². The highest BCUT2D eigenvalue weighted by molar-refractivity contribution is 5.83. The summed E-state index contributed by atoms with van der Waals surface area (Å²) in [7, 11) is 3.66. The summed E-state index contributed by atoms with van der Waals surface area (Å²) in [5, 5.41) is 10.5. The number of aromatic amines is 1. The lowest BCUT2D eigenvalue weighted by molar-refractivity contribution is 0.747. The van der Waals surface area contributed by atoms with Crippen LogP contribution in [0.5, 0.6) is 0 Å². The Balaban J connectivity index is 1.88. The Labute approximate surface area is 109 Å². The Morgan fingerprint density at radius 1 is 1.37 bits per heavy atom. The van der Waals surface area contributed by atoms with Gasteiger partial charge in [0.2, 0.25) is 5.95 Å². The molecular formula is C11H14N8. The highest BCUT2D eigenvalue weighted by Crippen LogP contribution is 2.18. The van der Waals surface area contributed by atoms with Crippen LogP contribution in [0.25, 0.3) is 11.2 Å². The zero-order chi connectivity index (χ0) is 13.2. The fourth-order valence-electron chi connectivity index (χ4n) is 1.80. The van der Waals surface area contributed by atoms with Crippen LogP contribution >= 0.6 is 0 Å². The molecule has 0 unspecified atom stereocenters. The number of imidazole rings is 1. The lowest BCUT2D eigenvalue weighted by Gasteiger charge is -2.06. The molecule has 8 heteroatoms. The third kappa shape index (κ3) is 2.19. The normalized spacial score (nSPS) is 10.8. The van der Waals surface area contributed by atoms with E-state index in [0.717, 1.165) is 11.2 Å². The van der Waals surface area contributed by atoms with Crippen molar-refractivity contribution in [2.45, 2.75) is 6.54 Å². The van der Waals surface area contributed by atoms with E-state index in [1.165, 1.54) is 0 Å². The number of aromatic nitrogens is 6. The number of hydrogen-bond acceptors (Lipinski definition) is 6. The van der Waals surface area contributed by atoms with Crippen molar-refractivity contribution in [3.05, 3.63) is 24.3 Å². The molecule has 3 heterocycles. The van der Waals surface area contributed by atoms with E-state index in [2.05, 4.69) is 35.7 Å². The van der Waals surface area contributed by atoms with Gasteiger partial charge in [-0.15, -0.1) is 0 Å². The standard InChI is InChI=1S/C11H14N8/c1-12-11-16-9(8-10(17-11)15-6-14-8)13-5-7-3-4-19(2)18-7/h3-4,6H,5H2,1-2H3,(H3,12,13,14,15,16,17). The number of nitrogens with zero attached hydrogens (tertiary/aromatic N) is 5. The van der Waals surface area contributed by atoms with Crippen LogP contribution in [0.4, 0.5) is 11.8 Å². The second-order valence-corrected chi connectivity index (χ2v) is 4.08. The number of nitrogens with one attached hydrogen (secondary N) is 3. The minimum atomic E-state index is 0.531. The molecule has 0 aliphatic carbocycles. The first-order chi connectivity index (χ1) is 9.26. The Morgan fingerprint density at radius 2 is 2.26 bits per heavy atom. The highest BCUT2D eigenvalue weighted by atomic mass is 15.3. The summed E-state index contributed by atoms with van der Waals surface area (Å²) >= 11 is 0. The zero-order valence-electron chi connectivity index (χ0n) is 10.7. The topological polar surface area (TPSA) is 96.3 Å². The van der Waals surface area contributed by atoms with Crippen LogP contribution in [0, 0.1) is 0 Å². The predicted octanol–water partition coefficient (Wildman–Crippen LogP) is 0.740. The molecule has 0 saturated heterocycles. The van der Waals surface area contributed by atoms with Gasteiger partial charge in [0.1, 0.15) is 5.52 Å². The summed E-state index contributed by atoms with van der Waals surface area (Å²) in [6.07, 6.45) is 3.51. The third-order valence-corrected chi connectivity index (χ3v) is 2.72. The van der Waals surface area contributed by atoms with Crippen molar-refractivity contribution in [1.82, 2.24) is 29.7 Å². The molecule has 0 aliphatic heterocycles. The van der Waals surface area contributed by atoms with Gasteiger partial charge < -0.3 is 15.6 Å². The minimum absolute atomic E-state index is 0.531. The first kappa shape index (κ1) is 11.5. The average Bonchev–Trinajstić information content (AvgIpc) is 3.04. The number of H-pyrrole nitrogens is 1. The van der Waals surface area contributed by atoms with Gasteiger partial charge >= 0.3 is 0 Å². The molecule has 0 bridgehead atoms. The molecule has 0 amide bonds. The quantitative estimate of drug-likeness (QED) is 0.638. The van der Waals surface area contributed by atoms with Gasteiger partial charge in [-0.1, -0.05) is 0 Å². The van der Waals surface area contributed by atoms with Gasteiger partial charge in [-0.2, -0.15) is 15.1 Å². The molecule has 98 valence electrons. The lowest BCUT2D eigenvalue weighted by atomic mass is 10.4. The van der Waals surface area contributed by atoms with Gasteiger partial charge in [0, 0.05) is 20.3 Å². The zero-order valence-corrected chi connectivity index (χ0v) is 10.7. The molecule has 3 aromatic rings. The van der Waals surface area contributed by atoms with Crippen LogP contribution < -0.4 is 10.6 Å². The maximum atomic E-state index is 4.37. The predicted molar refractivity (Wildman–Crippen MR) is 71.8 cm³/mol. The monoisotopic (exact) mass is 258 g/mol. The first-order valence-electron chi connectivity index (χ1n) is 5.87. The molecule has 8 nitrogen and oxygen atoms in total. The summed E-state index contributed by atoms with van der Waals surface area (Å²) in [6, 6.07) is 1.96. The van der Waals surface area contributed by atoms with E-state index < -0.39 is 0 Å². The maximum Gasteiger partial charge on any atom is 0.226 e. The van der Waals surface area contributed by atoms with Gasteiger partial charge in [0.15, 0.2) is 11.5 Å². The van der Waals surface area contributed by atoms with E-state index in [-0.39, 0.29) is 0 Å². The van der Waals surface area contributed by atoms with Crippen LogP contribution in [0.3, 0.4) is 0 Å². The van der Waals surface area contributed by atoms with Gasteiger partial charge in [-0.25, -0.2) is 4.98 Å². The molecule has 0 radical (unpaired) electrons. The van der Waals surface area contributed by atoms with Crippen molar-refractivity contribution in [2.24, 2.45) is 7.05 Å². The third-order valence-electron chi connectivity index (χ3n) is 2.72. The van der Waals surface area contributed by atoms with Crippen LogP contribution in [-0.4, -0.2) is 36.8 Å². The first-order valence-corrected chi connectivity index (χ1v) is 5.87. The van der Waals surface area contributed by atoms with Crippen molar-refractivity contribution in [2.75, 3.05) is 17.7 Å². The van der Waals surface area contributed by atoms with Crippen molar-refractivity contribution >= 4 is 22.9 Å². The second kappa shape index (κ2) is 4.56. The summed E-state index contributed by atoms with van der Waals surface area (Å²) < 4.78 is 1.77. The number of rotatable bonds is 4. The number of fused-ring (bicyclic) bond motifs is 1. The smallest absolute Gasteiger partial charge is 0.226 e. The average molecular weight is 258 g/mol. The van der Waals surface area contributed by atoms with Crippen molar-refractivity contribution < 1.29 is 0 Å². The Bertz CT molecular complexity index is 698. The highest BCUT2D eigenvalue weighted by Gasteiger charge is 2.09. The fraction of sp³-hybridized carbons (Fsp3) is 0.273. The Kier molecular flexibility index (Phi) is 2.75. The van der Waals surface area contributed by atoms with Crippen LogP contribution in [0.2, 0.25) is 0 Å². The lowest BCUT2D eigenvalue weighted by Crippen LogP contribution is -2.06. The van der Waals surface area contributed by atoms with Crippen molar-refractivity contribution in [3.8, 4) is 0 Å². The number of anilines is 2. The van der Waals surface area contributed by atoms with E-state index in [1.54, 1.807) is 18.1 Å². The van der Waals surface area contributed by atoms with Gasteiger partial charge in [0.05, 0.1) is 18.6 Å². The molecule has 0 aromatic carbocycles. The van der Waals surface area contributed by atoms with E-state index in [1.807, 2.05) is 19.3 Å². The molecule has 0 fully saturated rings. The fourth-order valence-corrected chi connectivity index (χ4v) is 1.80. The number of aryl methyl sites for hydroxylation is 1. The summed E-state index contributed by atoms with van der Waals surface area (Å²) in [5.74, 6) is 1.24. The van der Waals surface area contributed by atoms with Crippen LogP contribution in [0.15, 0.2) is 18.6 Å². The van der Waals surface area contributed by atoms with Gasteiger partial charge in [0.25, 0.3) is 0 Å². The minimum Gasteiger partial charge on any atom is -0.362 e. The number of hydrogen-bond donors (Lipinski definition) is 3. The van der Waals surface area contributed by atoms with E-state index in [9.17, 15) is 0 Å². The van der Waals surface area contributed by atoms with Crippen molar-refractivity contribution in [1.29, 1.82) is 0 Å². The maximum absolute atomic E-state index is 4.37. The molecule has 0 spiro atoms. The second-order valence-electron chi connectivity index (χ2n) is 4.08. The molecule has 0 saturated carbocycles. The van der Waals surface area contributed by atoms with Crippen LogP contribution in [0.1, 0.15) is 5.69 Å². The molecule has 19 heavy (non-hydrogen) atoms. The van der Waals surface area contributed by atoms with E-state index in [4.69, 9.17) is 0 Å².